The van der Waals surface area contributed by atoms with Crippen LogP contribution in [0.25, 0.3) is 0 Å². The fourth-order valence-corrected chi connectivity index (χ4v) is 1.47. The molecule has 0 aromatic heterocycles. The standard InChI is InChI=1S/C17H27NO3/c1-16(2,3)12-21-14-9-7-13(8-10-14)11-20-15(19)18-17(4,5)6/h7-10H,11-12H2,1-6H3,(H,18,19). The van der Waals surface area contributed by atoms with Crippen LogP contribution in [0, 0.1) is 5.41 Å². The van der Waals surface area contributed by atoms with Gasteiger partial charge in [0.1, 0.15) is 12.4 Å². The van der Waals surface area contributed by atoms with E-state index in [1.165, 1.54) is 0 Å². The van der Waals surface area contributed by atoms with Crippen molar-refractivity contribution in [2.24, 2.45) is 5.41 Å². The van der Waals surface area contributed by atoms with Gasteiger partial charge in [-0.1, -0.05) is 32.9 Å². The maximum atomic E-state index is 11.6. The predicted octanol–water partition coefficient (Wildman–Crippen LogP) is 4.14. The van der Waals surface area contributed by atoms with E-state index in [-0.39, 0.29) is 17.6 Å². The van der Waals surface area contributed by atoms with Gasteiger partial charge in [-0.25, -0.2) is 4.79 Å². The summed E-state index contributed by atoms with van der Waals surface area (Å²) in [6, 6.07) is 7.60. The van der Waals surface area contributed by atoms with Crippen LogP contribution in [-0.4, -0.2) is 18.2 Å². The lowest BCUT2D eigenvalue weighted by molar-refractivity contribution is 0.131. The Morgan fingerprint density at radius 1 is 1.05 bits per heavy atom. The molecule has 0 atom stereocenters. The maximum absolute atomic E-state index is 11.6. The molecule has 0 heterocycles. The number of carbonyl (C=O) groups excluding carboxylic acids is 1. The molecule has 0 radical (unpaired) electrons. The highest BCUT2D eigenvalue weighted by molar-refractivity contribution is 5.68. The molecule has 0 saturated carbocycles. The largest absolute Gasteiger partial charge is 0.493 e. The second kappa shape index (κ2) is 6.83. The lowest BCUT2D eigenvalue weighted by atomic mass is 9.99. The molecule has 1 rings (SSSR count). The molecule has 4 heteroatoms. The molecule has 118 valence electrons. The smallest absolute Gasteiger partial charge is 0.407 e. The highest BCUT2D eigenvalue weighted by atomic mass is 16.5. The van der Waals surface area contributed by atoms with Crippen molar-refractivity contribution in [2.45, 2.75) is 53.7 Å². The van der Waals surface area contributed by atoms with Crippen molar-refractivity contribution in [1.29, 1.82) is 0 Å². The molecule has 1 amide bonds. The van der Waals surface area contributed by atoms with E-state index in [1.807, 2.05) is 45.0 Å². The topological polar surface area (TPSA) is 47.6 Å². The predicted molar refractivity (Wildman–Crippen MR) is 84.5 cm³/mol. The van der Waals surface area contributed by atoms with E-state index in [0.717, 1.165) is 11.3 Å². The van der Waals surface area contributed by atoms with Gasteiger partial charge in [-0.2, -0.15) is 0 Å². The third-order valence-corrected chi connectivity index (χ3v) is 2.44. The quantitative estimate of drug-likeness (QED) is 0.907. The molecule has 0 aliphatic heterocycles. The number of hydrogen-bond acceptors (Lipinski definition) is 3. The van der Waals surface area contributed by atoms with Gasteiger partial charge in [-0.05, 0) is 43.9 Å². The average Bonchev–Trinajstić information content (AvgIpc) is 2.32. The number of benzene rings is 1. The summed E-state index contributed by atoms with van der Waals surface area (Å²) in [6.07, 6.45) is -0.407. The molecule has 0 spiro atoms. The zero-order chi connectivity index (χ0) is 16.1. The lowest BCUT2D eigenvalue weighted by Crippen LogP contribution is -2.40. The first-order valence-electron chi connectivity index (χ1n) is 7.22. The second-order valence-electron chi connectivity index (χ2n) is 7.44. The van der Waals surface area contributed by atoms with Gasteiger partial charge in [-0.15, -0.1) is 0 Å². The van der Waals surface area contributed by atoms with Gasteiger partial charge >= 0.3 is 6.09 Å². The van der Waals surface area contributed by atoms with E-state index in [9.17, 15) is 4.79 Å². The van der Waals surface area contributed by atoms with Gasteiger partial charge < -0.3 is 14.8 Å². The van der Waals surface area contributed by atoms with E-state index in [1.54, 1.807) is 0 Å². The summed E-state index contributed by atoms with van der Waals surface area (Å²) >= 11 is 0. The molecule has 0 fully saturated rings. The van der Waals surface area contributed by atoms with Gasteiger partial charge in [0.25, 0.3) is 0 Å². The van der Waals surface area contributed by atoms with Crippen LogP contribution in [-0.2, 0) is 11.3 Å². The van der Waals surface area contributed by atoms with Gasteiger partial charge in [0.05, 0.1) is 6.61 Å². The summed E-state index contributed by atoms with van der Waals surface area (Å²) in [7, 11) is 0. The van der Waals surface area contributed by atoms with Crippen LogP contribution < -0.4 is 10.1 Å². The van der Waals surface area contributed by atoms with Gasteiger partial charge in [-0.3, -0.25) is 0 Å². The number of carbonyl (C=O) groups is 1. The molecule has 0 aliphatic carbocycles. The minimum Gasteiger partial charge on any atom is -0.493 e. The Balaban J connectivity index is 2.43. The SMILES string of the molecule is CC(C)(C)COc1ccc(COC(=O)NC(C)(C)C)cc1. The van der Waals surface area contributed by atoms with Crippen molar-refractivity contribution >= 4 is 6.09 Å². The van der Waals surface area contributed by atoms with E-state index >= 15 is 0 Å². The van der Waals surface area contributed by atoms with Crippen LogP contribution >= 0.6 is 0 Å². The highest BCUT2D eigenvalue weighted by Gasteiger charge is 2.14. The van der Waals surface area contributed by atoms with Crippen LogP contribution in [0.2, 0.25) is 0 Å². The van der Waals surface area contributed by atoms with Crippen LogP contribution in [0.5, 0.6) is 5.75 Å². The van der Waals surface area contributed by atoms with Crippen LogP contribution in [0.1, 0.15) is 47.1 Å². The van der Waals surface area contributed by atoms with Crippen molar-refractivity contribution in [1.82, 2.24) is 5.32 Å². The van der Waals surface area contributed by atoms with Gasteiger partial charge in [0, 0.05) is 5.54 Å². The van der Waals surface area contributed by atoms with Crippen molar-refractivity contribution in [3.05, 3.63) is 29.8 Å². The minimum atomic E-state index is -0.407. The normalized spacial score (nSPS) is 11.9. The molecule has 1 N–H and O–H groups in total. The van der Waals surface area contributed by atoms with Crippen molar-refractivity contribution in [3.63, 3.8) is 0 Å². The van der Waals surface area contributed by atoms with Crippen molar-refractivity contribution in [3.8, 4) is 5.75 Å². The van der Waals surface area contributed by atoms with Crippen LogP contribution in [0.15, 0.2) is 24.3 Å². The lowest BCUT2D eigenvalue weighted by Gasteiger charge is -2.20. The Kier molecular flexibility index (Phi) is 5.64. The van der Waals surface area contributed by atoms with E-state index in [2.05, 4.69) is 26.1 Å². The summed E-state index contributed by atoms with van der Waals surface area (Å²) in [5.41, 5.74) is 0.774. The number of ether oxygens (including phenoxy) is 2. The first-order chi connectivity index (χ1) is 9.55. The van der Waals surface area contributed by atoms with E-state index in [4.69, 9.17) is 9.47 Å². The third-order valence-electron chi connectivity index (χ3n) is 2.44. The number of hydrogen-bond donors (Lipinski definition) is 1. The molecule has 0 saturated heterocycles. The van der Waals surface area contributed by atoms with Gasteiger partial charge in [0.2, 0.25) is 0 Å². The molecular weight excluding hydrogens is 266 g/mol. The zero-order valence-corrected chi connectivity index (χ0v) is 13.9. The fraction of sp³-hybridized carbons (Fsp3) is 0.588. The number of rotatable bonds is 4. The van der Waals surface area contributed by atoms with Crippen molar-refractivity contribution in [2.75, 3.05) is 6.61 Å². The second-order valence-corrected chi connectivity index (χ2v) is 7.44. The Bertz CT molecular complexity index is 452. The van der Waals surface area contributed by atoms with Crippen LogP contribution in [0.4, 0.5) is 4.79 Å². The molecule has 0 bridgehead atoms. The Hall–Kier alpha value is -1.71. The number of amides is 1. The molecule has 21 heavy (non-hydrogen) atoms. The molecule has 0 aliphatic rings. The molecule has 1 aromatic rings. The Labute approximate surface area is 127 Å². The molecule has 4 nitrogen and oxygen atoms in total. The molecule has 0 unspecified atom stereocenters. The van der Waals surface area contributed by atoms with E-state index in [0.29, 0.717) is 6.61 Å². The molecule has 1 aromatic carbocycles. The monoisotopic (exact) mass is 293 g/mol. The summed E-state index contributed by atoms with van der Waals surface area (Å²) in [5.74, 6) is 0.827. The zero-order valence-electron chi connectivity index (χ0n) is 13.9. The summed E-state index contributed by atoms with van der Waals surface area (Å²) in [4.78, 5) is 11.6. The van der Waals surface area contributed by atoms with Crippen molar-refractivity contribution < 1.29 is 14.3 Å². The summed E-state index contributed by atoms with van der Waals surface area (Å²) in [5, 5.41) is 2.75. The van der Waals surface area contributed by atoms with E-state index < -0.39 is 6.09 Å². The maximum Gasteiger partial charge on any atom is 0.407 e. The first-order valence-corrected chi connectivity index (χ1v) is 7.22. The average molecular weight is 293 g/mol. The van der Waals surface area contributed by atoms with Gasteiger partial charge in [0.15, 0.2) is 0 Å². The summed E-state index contributed by atoms with van der Waals surface area (Å²) < 4.78 is 10.9. The fourth-order valence-electron chi connectivity index (χ4n) is 1.47. The molecular formula is C17H27NO3. The Morgan fingerprint density at radius 3 is 2.10 bits per heavy atom. The third kappa shape index (κ3) is 8.23. The van der Waals surface area contributed by atoms with Crippen LogP contribution in [0.3, 0.4) is 0 Å². The first kappa shape index (κ1) is 17.3. The number of alkyl carbamates (subject to hydrolysis) is 1. The Morgan fingerprint density at radius 2 is 1.62 bits per heavy atom. The summed E-state index contributed by atoms with van der Waals surface area (Å²) in [6.45, 7) is 13.0. The minimum absolute atomic E-state index is 0.132. The number of nitrogens with one attached hydrogen (secondary N) is 1. The highest BCUT2D eigenvalue weighted by Crippen LogP contribution is 2.18.